The second-order valence-electron chi connectivity index (χ2n) is 5.64. The van der Waals surface area contributed by atoms with Gasteiger partial charge in [0.1, 0.15) is 0 Å². The SMILES string of the molecule is CN(C)C1CCN(CC(=O)Nc2ccc(N)cc2)CC1. The van der Waals surface area contributed by atoms with Gasteiger partial charge in [0.05, 0.1) is 6.54 Å². The van der Waals surface area contributed by atoms with E-state index < -0.39 is 0 Å². The Morgan fingerprint density at radius 2 is 1.90 bits per heavy atom. The van der Waals surface area contributed by atoms with Crippen LogP contribution in [-0.2, 0) is 4.79 Å². The van der Waals surface area contributed by atoms with Crippen LogP contribution in [0.5, 0.6) is 0 Å². The van der Waals surface area contributed by atoms with Gasteiger partial charge < -0.3 is 16.0 Å². The Morgan fingerprint density at radius 1 is 1.30 bits per heavy atom. The highest BCUT2D eigenvalue weighted by molar-refractivity contribution is 5.92. The van der Waals surface area contributed by atoms with Crippen molar-refractivity contribution in [3.8, 4) is 0 Å². The lowest BCUT2D eigenvalue weighted by atomic mass is 10.0. The van der Waals surface area contributed by atoms with Crippen LogP contribution in [0.4, 0.5) is 11.4 Å². The molecule has 0 unspecified atom stereocenters. The molecular formula is C15H24N4O. The number of rotatable bonds is 4. The van der Waals surface area contributed by atoms with Crippen molar-refractivity contribution in [2.45, 2.75) is 18.9 Å². The smallest absolute Gasteiger partial charge is 0.238 e. The first-order valence-corrected chi connectivity index (χ1v) is 7.09. The van der Waals surface area contributed by atoms with Crippen molar-refractivity contribution in [3.63, 3.8) is 0 Å². The fraction of sp³-hybridized carbons (Fsp3) is 0.533. The zero-order valence-electron chi connectivity index (χ0n) is 12.3. The average molecular weight is 276 g/mol. The van der Waals surface area contributed by atoms with E-state index in [0.717, 1.165) is 31.6 Å². The van der Waals surface area contributed by atoms with E-state index in [9.17, 15) is 4.79 Å². The number of nitrogen functional groups attached to an aromatic ring is 1. The number of nitrogens with two attached hydrogens (primary N) is 1. The van der Waals surface area contributed by atoms with Gasteiger partial charge in [-0.2, -0.15) is 0 Å². The molecule has 0 atom stereocenters. The van der Waals surface area contributed by atoms with Gasteiger partial charge in [-0.3, -0.25) is 9.69 Å². The maximum atomic E-state index is 12.0. The van der Waals surface area contributed by atoms with Crippen molar-refractivity contribution in [3.05, 3.63) is 24.3 Å². The van der Waals surface area contributed by atoms with Crippen LogP contribution in [0.1, 0.15) is 12.8 Å². The maximum Gasteiger partial charge on any atom is 0.238 e. The number of amides is 1. The van der Waals surface area contributed by atoms with Gasteiger partial charge in [-0.25, -0.2) is 0 Å². The van der Waals surface area contributed by atoms with Gasteiger partial charge in [0, 0.05) is 30.5 Å². The van der Waals surface area contributed by atoms with Crippen molar-refractivity contribution in [1.29, 1.82) is 0 Å². The van der Waals surface area contributed by atoms with Gasteiger partial charge >= 0.3 is 0 Å². The second kappa shape index (κ2) is 6.72. The summed E-state index contributed by atoms with van der Waals surface area (Å²) in [5, 5.41) is 2.90. The summed E-state index contributed by atoms with van der Waals surface area (Å²) in [7, 11) is 4.24. The molecule has 1 amide bonds. The molecule has 1 aliphatic rings. The summed E-state index contributed by atoms with van der Waals surface area (Å²) in [4.78, 5) is 16.5. The second-order valence-corrected chi connectivity index (χ2v) is 5.64. The maximum absolute atomic E-state index is 12.0. The molecule has 1 aromatic carbocycles. The van der Waals surface area contributed by atoms with Gasteiger partial charge in [0.15, 0.2) is 0 Å². The quantitative estimate of drug-likeness (QED) is 0.812. The molecule has 1 heterocycles. The molecule has 1 saturated heterocycles. The molecule has 1 fully saturated rings. The molecule has 0 aromatic heterocycles. The van der Waals surface area contributed by atoms with Crippen LogP contribution in [0, 0.1) is 0 Å². The first kappa shape index (κ1) is 14.8. The first-order valence-electron chi connectivity index (χ1n) is 7.09. The zero-order valence-corrected chi connectivity index (χ0v) is 12.3. The number of likely N-dealkylation sites (tertiary alicyclic amines) is 1. The minimum atomic E-state index is 0.0399. The highest BCUT2D eigenvalue weighted by Gasteiger charge is 2.21. The summed E-state index contributed by atoms with van der Waals surface area (Å²) in [5.74, 6) is 0.0399. The third-order valence-corrected chi connectivity index (χ3v) is 3.85. The standard InChI is InChI=1S/C15H24N4O/c1-18(2)14-7-9-19(10-8-14)11-15(20)17-13-5-3-12(16)4-6-13/h3-6,14H,7-11,16H2,1-2H3,(H,17,20). The monoisotopic (exact) mass is 276 g/mol. The van der Waals surface area contributed by atoms with E-state index in [-0.39, 0.29) is 5.91 Å². The van der Waals surface area contributed by atoms with E-state index >= 15 is 0 Å². The number of nitrogens with one attached hydrogen (secondary N) is 1. The normalized spacial score (nSPS) is 17.4. The Hall–Kier alpha value is -1.59. The fourth-order valence-corrected chi connectivity index (χ4v) is 2.56. The average Bonchev–Trinajstić information content (AvgIpc) is 2.42. The van der Waals surface area contributed by atoms with Crippen LogP contribution < -0.4 is 11.1 Å². The lowest BCUT2D eigenvalue weighted by molar-refractivity contribution is -0.117. The fourth-order valence-electron chi connectivity index (χ4n) is 2.56. The molecule has 1 aliphatic heterocycles. The van der Waals surface area contributed by atoms with E-state index in [1.54, 1.807) is 12.1 Å². The van der Waals surface area contributed by atoms with E-state index in [2.05, 4.69) is 29.2 Å². The number of benzene rings is 1. The largest absolute Gasteiger partial charge is 0.399 e. The van der Waals surface area contributed by atoms with Crippen LogP contribution >= 0.6 is 0 Å². The van der Waals surface area contributed by atoms with E-state index in [0.29, 0.717) is 18.3 Å². The Kier molecular flexibility index (Phi) is 4.98. The summed E-state index contributed by atoms with van der Waals surface area (Å²) in [5.41, 5.74) is 7.12. The van der Waals surface area contributed by atoms with Gasteiger partial charge in [-0.1, -0.05) is 0 Å². The van der Waals surface area contributed by atoms with E-state index in [1.165, 1.54) is 0 Å². The Morgan fingerprint density at radius 3 is 2.45 bits per heavy atom. The van der Waals surface area contributed by atoms with Gasteiger partial charge in [0.2, 0.25) is 5.91 Å². The number of carbonyl (C=O) groups excluding carboxylic acids is 1. The Labute approximate surface area is 120 Å². The lowest BCUT2D eigenvalue weighted by Crippen LogP contribution is -2.44. The van der Waals surface area contributed by atoms with Crippen LogP contribution in [-0.4, -0.2) is 55.5 Å². The Bertz CT molecular complexity index is 436. The molecule has 0 saturated carbocycles. The van der Waals surface area contributed by atoms with Crippen molar-refractivity contribution in [2.24, 2.45) is 0 Å². The minimum absolute atomic E-state index is 0.0399. The predicted octanol–water partition coefficient (Wildman–Crippen LogP) is 1.23. The molecule has 2 rings (SSSR count). The molecular weight excluding hydrogens is 252 g/mol. The van der Waals surface area contributed by atoms with Crippen molar-refractivity contribution >= 4 is 17.3 Å². The number of hydrogen-bond acceptors (Lipinski definition) is 4. The molecule has 0 aliphatic carbocycles. The summed E-state index contributed by atoms with van der Waals surface area (Å²) in [6.45, 7) is 2.43. The van der Waals surface area contributed by atoms with Crippen molar-refractivity contribution < 1.29 is 4.79 Å². The van der Waals surface area contributed by atoms with Crippen molar-refractivity contribution in [2.75, 3.05) is 44.8 Å². The van der Waals surface area contributed by atoms with Crippen LogP contribution in [0.3, 0.4) is 0 Å². The summed E-state index contributed by atoms with van der Waals surface area (Å²) in [6, 6.07) is 7.87. The van der Waals surface area contributed by atoms with Crippen LogP contribution in [0.25, 0.3) is 0 Å². The predicted molar refractivity (Wildman–Crippen MR) is 82.6 cm³/mol. The van der Waals surface area contributed by atoms with Crippen LogP contribution in [0.2, 0.25) is 0 Å². The van der Waals surface area contributed by atoms with E-state index in [4.69, 9.17) is 5.73 Å². The highest BCUT2D eigenvalue weighted by atomic mass is 16.2. The van der Waals surface area contributed by atoms with Gasteiger partial charge in [0.25, 0.3) is 0 Å². The topological polar surface area (TPSA) is 61.6 Å². The highest BCUT2D eigenvalue weighted by Crippen LogP contribution is 2.14. The first-order chi connectivity index (χ1) is 9.54. The number of nitrogens with zero attached hydrogens (tertiary/aromatic N) is 2. The lowest BCUT2D eigenvalue weighted by Gasteiger charge is -2.34. The summed E-state index contributed by atoms with van der Waals surface area (Å²) >= 11 is 0. The number of anilines is 2. The van der Waals surface area contributed by atoms with Crippen LogP contribution in [0.15, 0.2) is 24.3 Å². The summed E-state index contributed by atoms with van der Waals surface area (Å²) < 4.78 is 0. The molecule has 20 heavy (non-hydrogen) atoms. The zero-order chi connectivity index (χ0) is 14.5. The van der Waals surface area contributed by atoms with Gasteiger partial charge in [-0.15, -0.1) is 0 Å². The molecule has 0 spiro atoms. The van der Waals surface area contributed by atoms with Crippen molar-refractivity contribution in [1.82, 2.24) is 9.80 Å². The molecule has 5 nitrogen and oxygen atoms in total. The van der Waals surface area contributed by atoms with E-state index in [1.807, 2.05) is 12.1 Å². The molecule has 1 aromatic rings. The number of piperidine rings is 1. The molecule has 5 heteroatoms. The minimum Gasteiger partial charge on any atom is -0.399 e. The summed E-state index contributed by atoms with van der Waals surface area (Å²) in [6.07, 6.45) is 2.25. The Balaban J connectivity index is 1.77. The molecule has 3 N–H and O–H groups in total. The molecule has 0 radical (unpaired) electrons. The number of carbonyl (C=O) groups is 1. The van der Waals surface area contributed by atoms with Gasteiger partial charge in [-0.05, 0) is 51.2 Å². The molecule has 0 bridgehead atoms. The third kappa shape index (κ3) is 4.21. The molecule has 110 valence electrons. The third-order valence-electron chi connectivity index (χ3n) is 3.85. The number of hydrogen-bond donors (Lipinski definition) is 2.